The molecule has 0 saturated carbocycles. The molecule has 0 bridgehead atoms. The Morgan fingerprint density at radius 1 is 1.35 bits per heavy atom. The molecule has 0 aliphatic rings. The lowest BCUT2D eigenvalue weighted by Crippen LogP contribution is -2.48. The summed E-state index contributed by atoms with van der Waals surface area (Å²) >= 11 is 4.84. The summed E-state index contributed by atoms with van der Waals surface area (Å²) in [4.78, 5) is 12.4. The Labute approximate surface area is 107 Å². The largest absolute Gasteiger partial charge is 0.392 e. The molecule has 1 aromatic carbocycles. The first-order valence-corrected chi connectivity index (χ1v) is 5.92. The first kappa shape index (κ1) is 13.6. The second kappa shape index (κ2) is 5.27. The normalized spacial score (nSPS) is 12.9. The van der Waals surface area contributed by atoms with Crippen molar-refractivity contribution in [3.63, 3.8) is 0 Å². The third-order valence-corrected chi connectivity index (χ3v) is 3.19. The smallest absolute Gasteiger partial charge is 0.230 e. The van der Waals surface area contributed by atoms with Crippen molar-refractivity contribution < 1.29 is 4.79 Å². The molecule has 0 radical (unpaired) electrons. The summed E-state index contributed by atoms with van der Waals surface area (Å²) in [7, 11) is 0. The Morgan fingerprint density at radius 3 is 2.35 bits per heavy atom. The van der Waals surface area contributed by atoms with Crippen molar-refractivity contribution >= 4 is 23.1 Å². The summed E-state index contributed by atoms with van der Waals surface area (Å²) in [6, 6.07) is 9.34. The number of benzene rings is 1. The molecule has 0 saturated heterocycles. The van der Waals surface area contributed by atoms with Crippen molar-refractivity contribution in [1.29, 1.82) is 0 Å². The lowest BCUT2D eigenvalue weighted by atomic mass is 9.83. The van der Waals surface area contributed by atoms with Gasteiger partial charge in [-0.15, -0.1) is 0 Å². The van der Waals surface area contributed by atoms with Crippen LogP contribution in [0.4, 0.5) is 0 Å². The fourth-order valence-corrected chi connectivity index (χ4v) is 1.49. The van der Waals surface area contributed by atoms with Gasteiger partial charge in [0.25, 0.3) is 0 Å². The molecule has 1 rings (SSSR count). The first-order valence-electron chi connectivity index (χ1n) is 5.51. The monoisotopic (exact) mass is 250 g/mol. The molecule has 92 valence electrons. The predicted octanol–water partition coefficient (Wildman–Crippen LogP) is 1.75. The number of hydrogen-bond donors (Lipinski definition) is 2. The van der Waals surface area contributed by atoms with Crippen LogP contribution < -0.4 is 11.1 Å². The maximum Gasteiger partial charge on any atom is 0.230 e. The molecule has 1 aromatic rings. The number of hydrogen-bond acceptors (Lipinski definition) is 2. The van der Waals surface area contributed by atoms with Crippen LogP contribution in [0.2, 0.25) is 0 Å². The molecule has 0 spiro atoms. The van der Waals surface area contributed by atoms with E-state index >= 15 is 0 Å². The Bertz CT molecular complexity index is 415. The second-order valence-electron chi connectivity index (χ2n) is 4.59. The number of amides is 1. The van der Waals surface area contributed by atoms with Crippen LogP contribution >= 0.6 is 12.2 Å². The average molecular weight is 250 g/mol. The summed E-state index contributed by atoms with van der Waals surface area (Å²) < 4.78 is 0. The van der Waals surface area contributed by atoms with Crippen molar-refractivity contribution in [1.82, 2.24) is 5.32 Å². The number of carbonyl (C=O) groups excluding carboxylic acids is 1. The maximum absolute atomic E-state index is 12.2. The maximum atomic E-state index is 12.2. The lowest BCUT2D eigenvalue weighted by molar-refractivity contribution is -0.125. The van der Waals surface area contributed by atoms with E-state index in [0.717, 1.165) is 5.56 Å². The Morgan fingerprint density at radius 2 is 1.88 bits per heavy atom. The molecule has 0 aliphatic carbocycles. The molecular formula is C13H18N2OS. The summed E-state index contributed by atoms with van der Waals surface area (Å²) in [5.74, 6) is -0.0796. The second-order valence-corrected chi connectivity index (χ2v) is 5.06. The van der Waals surface area contributed by atoms with E-state index in [1.165, 1.54) is 0 Å². The number of thiocarbonyl (C=S) groups is 1. The zero-order valence-corrected chi connectivity index (χ0v) is 11.2. The summed E-state index contributed by atoms with van der Waals surface area (Å²) in [6.07, 6.45) is 0. The van der Waals surface area contributed by atoms with Crippen LogP contribution in [0.15, 0.2) is 30.3 Å². The van der Waals surface area contributed by atoms with E-state index in [9.17, 15) is 4.79 Å². The number of nitrogens with two attached hydrogens (primary N) is 1. The number of carbonyl (C=O) groups is 1. The molecular weight excluding hydrogens is 232 g/mol. The Balaban J connectivity index is 2.84. The Kier molecular flexibility index (Phi) is 4.23. The van der Waals surface area contributed by atoms with Crippen LogP contribution in [0.3, 0.4) is 0 Å². The number of nitrogens with one attached hydrogen (secondary N) is 1. The first-order chi connectivity index (χ1) is 7.85. The van der Waals surface area contributed by atoms with E-state index in [4.69, 9.17) is 18.0 Å². The van der Waals surface area contributed by atoms with Crippen molar-refractivity contribution in [2.45, 2.75) is 32.2 Å². The van der Waals surface area contributed by atoms with Gasteiger partial charge >= 0.3 is 0 Å². The zero-order chi connectivity index (χ0) is 13.1. The quantitative estimate of drug-likeness (QED) is 0.801. The summed E-state index contributed by atoms with van der Waals surface area (Å²) in [5.41, 5.74) is 5.85. The van der Waals surface area contributed by atoms with Crippen molar-refractivity contribution in [3.8, 4) is 0 Å². The van der Waals surface area contributed by atoms with Crippen molar-refractivity contribution in [2.75, 3.05) is 0 Å². The molecule has 0 aromatic heterocycles. The van der Waals surface area contributed by atoms with Crippen LogP contribution in [0, 0.1) is 0 Å². The number of rotatable bonds is 4. The molecule has 1 atom stereocenters. The van der Waals surface area contributed by atoms with Gasteiger partial charge in [0.1, 0.15) is 0 Å². The minimum Gasteiger partial charge on any atom is -0.392 e. The van der Waals surface area contributed by atoms with Gasteiger partial charge in [0.15, 0.2) is 0 Å². The highest BCUT2D eigenvalue weighted by atomic mass is 32.1. The molecule has 1 amide bonds. The average Bonchev–Trinajstić information content (AvgIpc) is 2.29. The lowest BCUT2D eigenvalue weighted by Gasteiger charge is -2.26. The zero-order valence-electron chi connectivity index (χ0n) is 10.4. The van der Waals surface area contributed by atoms with Gasteiger partial charge in [-0.1, -0.05) is 42.5 Å². The van der Waals surface area contributed by atoms with Gasteiger partial charge in [-0.25, -0.2) is 0 Å². The van der Waals surface area contributed by atoms with Gasteiger partial charge in [-0.05, 0) is 26.3 Å². The van der Waals surface area contributed by atoms with E-state index in [1.807, 2.05) is 44.2 Å². The van der Waals surface area contributed by atoms with E-state index in [1.54, 1.807) is 6.92 Å². The minimum atomic E-state index is -0.597. The van der Waals surface area contributed by atoms with E-state index < -0.39 is 5.41 Å². The van der Waals surface area contributed by atoms with Gasteiger partial charge in [-0.2, -0.15) is 0 Å². The molecule has 17 heavy (non-hydrogen) atoms. The highest BCUT2D eigenvalue weighted by Gasteiger charge is 2.30. The van der Waals surface area contributed by atoms with Crippen LogP contribution in [-0.2, 0) is 10.2 Å². The SMILES string of the molecule is CC(NC(=O)C(C)(C)c1ccccc1)C(N)=S. The van der Waals surface area contributed by atoms with Crippen LogP contribution in [-0.4, -0.2) is 16.9 Å². The molecule has 3 N–H and O–H groups in total. The topological polar surface area (TPSA) is 55.1 Å². The van der Waals surface area contributed by atoms with Gasteiger partial charge in [0, 0.05) is 0 Å². The minimum absolute atomic E-state index is 0.0796. The third-order valence-electron chi connectivity index (χ3n) is 2.84. The van der Waals surface area contributed by atoms with Gasteiger partial charge in [-0.3, -0.25) is 4.79 Å². The highest BCUT2D eigenvalue weighted by molar-refractivity contribution is 7.80. The summed E-state index contributed by atoms with van der Waals surface area (Å²) in [5, 5.41) is 2.81. The van der Waals surface area contributed by atoms with E-state index in [-0.39, 0.29) is 11.9 Å². The summed E-state index contributed by atoms with van der Waals surface area (Å²) in [6.45, 7) is 5.54. The van der Waals surface area contributed by atoms with Crippen LogP contribution in [0.5, 0.6) is 0 Å². The highest BCUT2D eigenvalue weighted by Crippen LogP contribution is 2.23. The van der Waals surface area contributed by atoms with Gasteiger partial charge < -0.3 is 11.1 Å². The molecule has 0 fully saturated rings. The van der Waals surface area contributed by atoms with E-state index in [2.05, 4.69) is 5.32 Å². The molecule has 1 unspecified atom stereocenters. The van der Waals surface area contributed by atoms with Crippen LogP contribution in [0.25, 0.3) is 0 Å². The Hall–Kier alpha value is -1.42. The van der Waals surface area contributed by atoms with E-state index in [0.29, 0.717) is 4.99 Å². The van der Waals surface area contributed by atoms with Crippen molar-refractivity contribution in [3.05, 3.63) is 35.9 Å². The molecule has 0 heterocycles. The fraction of sp³-hybridized carbons (Fsp3) is 0.385. The molecule has 4 heteroatoms. The standard InChI is InChI=1S/C13H18N2OS/c1-9(11(14)17)15-12(16)13(2,3)10-7-5-4-6-8-10/h4-9H,1-3H3,(H2,14,17)(H,15,16). The van der Waals surface area contributed by atoms with Crippen molar-refractivity contribution in [2.24, 2.45) is 5.73 Å². The van der Waals surface area contributed by atoms with Gasteiger partial charge in [0.2, 0.25) is 5.91 Å². The molecule has 0 aliphatic heterocycles. The predicted molar refractivity (Wildman–Crippen MR) is 73.9 cm³/mol. The van der Waals surface area contributed by atoms with Crippen LogP contribution in [0.1, 0.15) is 26.3 Å². The third kappa shape index (κ3) is 3.27. The fourth-order valence-electron chi connectivity index (χ4n) is 1.43. The van der Waals surface area contributed by atoms with Gasteiger partial charge in [0.05, 0.1) is 16.4 Å². The molecule has 3 nitrogen and oxygen atoms in total.